The second-order valence-electron chi connectivity index (χ2n) is 4.93. The average Bonchev–Trinajstić information content (AvgIpc) is 2.14. The molecule has 4 nitrogen and oxygen atoms in total. The fourth-order valence-electron chi connectivity index (χ4n) is 1.49. The number of carbonyl (C=O) groups excluding carboxylic acids is 1. The molecule has 0 aliphatic carbocycles. The zero-order valence-corrected chi connectivity index (χ0v) is 10.8. The lowest BCUT2D eigenvalue weighted by atomic mass is 10.1. The minimum Gasteiger partial charge on any atom is -0.460 e. The van der Waals surface area contributed by atoms with Gasteiger partial charge in [0.25, 0.3) is 0 Å². The molecule has 0 unspecified atom stereocenters. The maximum absolute atomic E-state index is 11.6. The molecular formula is C13H20N2O2. The third-order valence-electron chi connectivity index (χ3n) is 2.15. The number of esters is 1. The molecule has 0 atom stereocenters. The topological polar surface area (TPSA) is 64.3 Å². The Balaban J connectivity index is 2.69. The fraction of sp³-hybridized carbons (Fsp3) is 0.462. The molecule has 1 aromatic carbocycles. The molecule has 0 amide bonds. The number of benzene rings is 1. The summed E-state index contributed by atoms with van der Waals surface area (Å²) in [6.45, 7) is 5.55. The van der Waals surface area contributed by atoms with Gasteiger partial charge in [0.15, 0.2) is 0 Å². The van der Waals surface area contributed by atoms with E-state index in [0.29, 0.717) is 5.69 Å². The van der Waals surface area contributed by atoms with Crippen molar-refractivity contribution in [3.8, 4) is 0 Å². The lowest BCUT2D eigenvalue weighted by Gasteiger charge is -2.19. The van der Waals surface area contributed by atoms with E-state index >= 15 is 0 Å². The van der Waals surface area contributed by atoms with Crippen molar-refractivity contribution in [3.63, 3.8) is 0 Å². The maximum atomic E-state index is 11.6. The number of nitrogens with two attached hydrogens (primary N) is 1. The van der Waals surface area contributed by atoms with Crippen LogP contribution in [0.4, 0.5) is 11.4 Å². The molecule has 0 fully saturated rings. The number of anilines is 2. The Morgan fingerprint density at radius 2 is 2.06 bits per heavy atom. The quantitative estimate of drug-likeness (QED) is 0.623. The first-order valence-electron chi connectivity index (χ1n) is 5.60. The number of ether oxygens (including phenoxy) is 1. The summed E-state index contributed by atoms with van der Waals surface area (Å²) in [6, 6.07) is 5.51. The van der Waals surface area contributed by atoms with Gasteiger partial charge in [0.2, 0.25) is 0 Å². The van der Waals surface area contributed by atoms with Crippen LogP contribution < -0.4 is 11.1 Å². The van der Waals surface area contributed by atoms with E-state index in [4.69, 9.17) is 10.5 Å². The Morgan fingerprint density at radius 3 is 2.53 bits per heavy atom. The van der Waals surface area contributed by atoms with Gasteiger partial charge in [-0.1, -0.05) is 6.07 Å². The van der Waals surface area contributed by atoms with Crippen LogP contribution in [0.15, 0.2) is 18.2 Å². The monoisotopic (exact) mass is 236 g/mol. The molecular weight excluding hydrogens is 216 g/mol. The van der Waals surface area contributed by atoms with Gasteiger partial charge in [-0.15, -0.1) is 0 Å². The van der Waals surface area contributed by atoms with Crippen LogP contribution in [0.1, 0.15) is 26.3 Å². The van der Waals surface area contributed by atoms with Gasteiger partial charge < -0.3 is 15.8 Å². The number of nitrogen functional groups attached to an aromatic ring is 1. The highest BCUT2D eigenvalue weighted by Crippen LogP contribution is 2.20. The van der Waals surface area contributed by atoms with Crippen LogP contribution in [-0.2, 0) is 16.0 Å². The Labute approximate surface area is 102 Å². The van der Waals surface area contributed by atoms with Crippen LogP contribution in [0, 0.1) is 0 Å². The number of rotatable bonds is 3. The molecule has 0 saturated carbocycles. The summed E-state index contributed by atoms with van der Waals surface area (Å²) in [5, 5.41) is 2.97. The highest BCUT2D eigenvalue weighted by Gasteiger charge is 2.16. The van der Waals surface area contributed by atoms with Crippen LogP contribution in [-0.4, -0.2) is 18.6 Å². The van der Waals surface area contributed by atoms with Gasteiger partial charge >= 0.3 is 5.97 Å². The average molecular weight is 236 g/mol. The second kappa shape index (κ2) is 5.08. The third kappa shape index (κ3) is 4.34. The van der Waals surface area contributed by atoms with Gasteiger partial charge in [-0.05, 0) is 38.5 Å². The molecule has 0 aromatic heterocycles. The third-order valence-corrected chi connectivity index (χ3v) is 2.15. The number of nitrogens with one attached hydrogen (secondary N) is 1. The molecule has 3 N–H and O–H groups in total. The van der Waals surface area contributed by atoms with Crippen molar-refractivity contribution in [1.82, 2.24) is 0 Å². The summed E-state index contributed by atoms with van der Waals surface area (Å²) in [4.78, 5) is 11.6. The molecule has 0 aliphatic heterocycles. The molecule has 4 heteroatoms. The van der Waals surface area contributed by atoms with E-state index in [1.165, 1.54) is 0 Å². The standard InChI is InChI=1S/C13H20N2O2/c1-13(2,3)17-12(16)8-9-5-6-11(15-4)10(14)7-9/h5-7,15H,8,14H2,1-4H3. The molecule has 1 aromatic rings. The molecule has 0 spiro atoms. The van der Waals surface area contributed by atoms with Gasteiger partial charge in [0.05, 0.1) is 17.8 Å². The van der Waals surface area contributed by atoms with Crippen molar-refractivity contribution in [1.29, 1.82) is 0 Å². The minimum atomic E-state index is -0.451. The zero-order chi connectivity index (χ0) is 13.1. The van der Waals surface area contributed by atoms with E-state index in [1.54, 1.807) is 13.1 Å². The first kappa shape index (κ1) is 13.4. The van der Waals surface area contributed by atoms with Crippen molar-refractivity contribution in [2.24, 2.45) is 0 Å². The van der Waals surface area contributed by atoms with Crippen LogP contribution >= 0.6 is 0 Å². The van der Waals surface area contributed by atoms with Gasteiger partial charge in [0, 0.05) is 7.05 Å². The SMILES string of the molecule is CNc1ccc(CC(=O)OC(C)(C)C)cc1N. The van der Waals surface area contributed by atoms with E-state index < -0.39 is 5.60 Å². The molecule has 94 valence electrons. The minimum absolute atomic E-state index is 0.242. The molecule has 0 bridgehead atoms. The zero-order valence-electron chi connectivity index (χ0n) is 10.8. The Kier molecular flexibility index (Phi) is 3.99. The summed E-state index contributed by atoms with van der Waals surface area (Å²) in [6.07, 6.45) is 0.242. The van der Waals surface area contributed by atoms with Crippen LogP contribution in [0.25, 0.3) is 0 Å². The summed E-state index contributed by atoms with van der Waals surface area (Å²) in [5.41, 5.74) is 7.72. The first-order valence-corrected chi connectivity index (χ1v) is 5.60. The van der Waals surface area contributed by atoms with Crippen molar-refractivity contribution < 1.29 is 9.53 Å². The van der Waals surface area contributed by atoms with Crippen molar-refractivity contribution in [2.75, 3.05) is 18.1 Å². The van der Waals surface area contributed by atoms with E-state index in [2.05, 4.69) is 5.32 Å². The lowest BCUT2D eigenvalue weighted by molar-refractivity contribution is -0.153. The van der Waals surface area contributed by atoms with Gasteiger partial charge in [-0.2, -0.15) is 0 Å². The van der Waals surface area contributed by atoms with E-state index in [0.717, 1.165) is 11.3 Å². The van der Waals surface area contributed by atoms with Crippen molar-refractivity contribution >= 4 is 17.3 Å². The predicted octanol–water partition coefficient (Wildman–Crippen LogP) is 2.19. The number of carbonyl (C=O) groups is 1. The molecule has 1 rings (SSSR count). The Morgan fingerprint density at radius 1 is 1.41 bits per heavy atom. The summed E-state index contributed by atoms with van der Waals surface area (Å²) >= 11 is 0. The lowest BCUT2D eigenvalue weighted by Crippen LogP contribution is -2.24. The second-order valence-corrected chi connectivity index (χ2v) is 4.93. The summed E-state index contributed by atoms with van der Waals surface area (Å²) < 4.78 is 5.24. The van der Waals surface area contributed by atoms with Gasteiger partial charge in [-0.3, -0.25) is 4.79 Å². The number of hydrogen-bond donors (Lipinski definition) is 2. The van der Waals surface area contributed by atoms with Gasteiger partial charge in [-0.25, -0.2) is 0 Å². The smallest absolute Gasteiger partial charge is 0.310 e. The number of hydrogen-bond acceptors (Lipinski definition) is 4. The molecule has 0 saturated heterocycles. The predicted molar refractivity (Wildman–Crippen MR) is 70.0 cm³/mol. The largest absolute Gasteiger partial charge is 0.460 e. The van der Waals surface area contributed by atoms with E-state index in [-0.39, 0.29) is 12.4 Å². The van der Waals surface area contributed by atoms with Crippen LogP contribution in [0.5, 0.6) is 0 Å². The van der Waals surface area contributed by atoms with Gasteiger partial charge in [0.1, 0.15) is 5.60 Å². The molecule has 0 radical (unpaired) electrons. The van der Waals surface area contributed by atoms with E-state index in [1.807, 2.05) is 32.9 Å². The van der Waals surface area contributed by atoms with Crippen molar-refractivity contribution in [3.05, 3.63) is 23.8 Å². The van der Waals surface area contributed by atoms with Crippen LogP contribution in [0.2, 0.25) is 0 Å². The highest BCUT2D eigenvalue weighted by molar-refractivity contribution is 5.75. The normalized spacial score (nSPS) is 11.1. The van der Waals surface area contributed by atoms with Crippen molar-refractivity contribution in [2.45, 2.75) is 32.8 Å². The van der Waals surface area contributed by atoms with Crippen LogP contribution in [0.3, 0.4) is 0 Å². The molecule has 17 heavy (non-hydrogen) atoms. The van der Waals surface area contributed by atoms with E-state index in [9.17, 15) is 4.79 Å². The first-order chi connectivity index (χ1) is 7.81. The molecule has 0 aliphatic rings. The summed E-state index contributed by atoms with van der Waals surface area (Å²) in [7, 11) is 1.80. The maximum Gasteiger partial charge on any atom is 0.310 e. The Bertz CT molecular complexity index is 408. The fourth-order valence-corrected chi connectivity index (χ4v) is 1.49. The Hall–Kier alpha value is -1.71. The molecule has 0 heterocycles. The highest BCUT2D eigenvalue weighted by atomic mass is 16.6. The summed E-state index contributed by atoms with van der Waals surface area (Å²) in [5.74, 6) is -0.242.